The molecule has 7 heteroatoms. The number of carbonyl (C=O) groups excluding carboxylic acids is 2. The van der Waals surface area contributed by atoms with Crippen molar-refractivity contribution in [1.82, 2.24) is 15.1 Å². The Morgan fingerprint density at radius 2 is 1.73 bits per heavy atom. The van der Waals surface area contributed by atoms with Crippen molar-refractivity contribution in [2.75, 3.05) is 5.32 Å². The number of amides is 2. The standard InChI is InChI=1S/C23H23ClN4O2/c24-20-12-11-17(15-19(20)22(29)25-16-7-3-1-4-8-16)26-23(30)21-13-14-28(27-21)18-9-5-2-6-10-18/h2,5-6,9-16H,1,3-4,7-8H2,(H,25,29)(H,26,30). The smallest absolute Gasteiger partial charge is 0.276 e. The van der Waals surface area contributed by atoms with Crippen LogP contribution in [0, 0.1) is 0 Å². The lowest BCUT2D eigenvalue weighted by molar-refractivity contribution is 0.0926. The summed E-state index contributed by atoms with van der Waals surface area (Å²) >= 11 is 6.24. The SMILES string of the molecule is O=C(Nc1ccc(Cl)c(C(=O)NC2CCCCC2)c1)c1ccn(-c2ccccc2)n1. The fraction of sp³-hybridized carbons (Fsp3) is 0.261. The maximum atomic E-state index is 12.7. The minimum atomic E-state index is -0.356. The third-order valence-electron chi connectivity index (χ3n) is 5.25. The number of anilines is 1. The van der Waals surface area contributed by atoms with Crippen LogP contribution >= 0.6 is 11.6 Å². The normalized spacial score (nSPS) is 14.3. The zero-order valence-corrected chi connectivity index (χ0v) is 17.2. The number of para-hydroxylation sites is 1. The van der Waals surface area contributed by atoms with Crippen molar-refractivity contribution >= 4 is 29.1 Å². The first-order valence-electron chi connectivity index (χ1n) is 10.1. The molecule has 154 valence electrons. The maximum absolute atomic E-state index is 12.7. The predicted molar refractivity (Wildman–Crippen MR) is 117 cm³/mol. The Kier molecular flexibility index (Phi) is 6.14. The quantitative estimate of drug-likeness (QED) is 0.617. The maximum Gasteiger partial charge on any atom is 0.276 e. The van der Waals surface area contributed by atoms with Crippen molar-refractivity contribution in [3.63, 3.8) is 0 Å². The molecule has 1 fully saturated rings. The second kappa shape index (κ2) is 9.13. The van der Waals surface area contributed by atoms with E-state index >= 15 is 0 Å². The van der Waals surface area contributed by atoms with E-state index in [-0.39, 0.29) is 23.6 Å². The van der Waals surface area contributed by atoms with E-state index in [0.29, 0.717) is 16.3 Å². The molecular formula is C23H23ClN4O2. The summed E-state index contributed by atoms with van der Waals surface area (Å²) in [6, 6.07) is 16.3. The van der Waals surface area contributed by atoms with Crippen LogP contribution in [0.2, 0.25) is 5.02 Å². The molecular weight excluding hydrogens is 400 g/mol. The van der Waals surface area contributed by atoms with Gasteiger partial charge in [0.25, 0.3) is 11.8 Å². The number of nitrogens with one attached hydrogen (secondary N) is 2. The Labute approximate surface area is 180 Å². The summed E-state index contributed by atoms with van der Waals surface area (Å²) in [5.41, 5.74) is 1.99. The molecule has 0 bridgehead atoms. The Morgan fingerprint density at radius 1 is 0.967 bits per heavy atom. The van der Waals surface area contributed by atoms with E-state index < -0.39 is 0 Å². The zero-order chi connectivity index (χ0) is 20.9. The lowest BCUT2D eigenvalue weighted by Crippen LogP contribution is -2.36. The van der Waals surface area contributed by atoms with E-state index in [1.807, 2.05) is 30.3 Å². The van der Waals surface area contributed by atoms with Crippen LogP contribution in [-0.2, 0) is 0 Å². The van der Waals surface area contributed by atoms with Crippen molar-refractivity contribution in [2.45, 2.75) is 38.1 Å². The van der Waals surface area contributed by atoms with Gasteiger partial charge in [-0.3, -0.25) is 9.59 Å². The van der Waals surface area contributed by atoms with E-state index in [1.54, 1.807) is 35.1 Å². The number of rotatable bonds is 5. The van der Waals surface area contributed by atoms with Gasteiger partial charge in [-0.1, -0.05) is 49.1 Å². The summed E-state index contributed by atoms with van der Waals surface area (Å²) in [5.74, 6) is -0.568. The first-order valence-corrected chi connectivity index (χ1v) is 10.5. The first-order chi connectivity index (χ1) is 14.6. The second-order valence-corrected chi connectivity index (χ2v) is 7.85. The highest BCUT2D eigenvalue weighted by Crippen LogP contribution is 2.23. The van der Waals surface area contributed by atoms with Gasteiger partial charge in [0, 0.05) is 17.9 Å². The minimum Gasteiger partial charge on any atom is -0.349 e. The Morgan fingerprint density at radius 3 is 2.50 bits per heavy atom. The minimum absolute atomic E-state index is 0.183. The van der Waals surface area contributed by atoms with Gasteiger partial charge in [-0.15, -0.1) is 0 Å². The number of nitrogens with zero attached hydrogens (tertiary/aromatic N) is 2. The summed E-state index contributed by atoms with van der Waals surface area (Å²) in [4.78, 5) is 25.3. The molecule has 1 heterocycles. The lowest BCUT2D eigenvalue weighted by Gasteiger charge is -2.23. The van der Waals surface area contributed by atoms with Crippen molar-refractivity contribution in [1.29, 1.82) is 0 Å². The summed E-state index contributed by atoms with van der Waals surface area (Å²) in [7, 11) is 0. The molecule has 1 aromatic heterocycles. The molecule has 2 N–H and O–H groups in total. The largest absolute Gasteiger partial charge is 0.349 e. The highest BCUT2D eigenvalue weighted by atomic mass is 35.5. The Hall–Kier alpha value is -3.12. The molecule has 6 nitrogen and oxygen atoms in total. The predicted octanol–water partition coefficient (Wildman–Crippen LogP) is 4.84. The van der Waals surface area contributed by atoms with E-state index in [0.717, 1.165) is 31.4 Å². The van der Waals surface area contributed by atoms with Crippen molar-refractivity contribution in [3.8, 4) is 5.69 Å². The van der Waals surface area contributed by atoms with E-state index in [2.05, 4.69) is 15.7 Å². The fourth-order valence-electron chi connectivity index (χ4n) is 3.65. The van der Waals surface area contributed by atoms with Crippen LogP contribution in [0.5, 0.6) is 0 Å². The lowest BCUT2D eigenvalue weighted by atomic mass is 9.95. The monoisotopic (exact) mass is 422 g/mol. The summed E-state index contributed by atoms with van der Waals surface area (Å²) < 4.78 is 1.64. The number of hydrogen-bond acceptors (Lipinski definition) is 3. The summed E-state index contributed by atoms with van der Waals surface area (Å²) in [6.45, 7) is 0. The van der Waals surface area contributed by atoms with Crippen molar-refractivity contribution in [2.24, 2.45) is 0 Å². The molecule has 0 radical (unpaired) electrons. The number of halogens is 1. The van der Waals surface area contributed by atoms with Gasteiger partial charge in [-0.05, 0) is 49.2 Å². The molecule has 3 aromatic rings. The highest BCUT2D eigenvalue weighted by Gasteiger charge is 2.19. The van der Waals surface area contributed by atoms with Crippen LogP contribution in [-0.4, -0.2) is 27.6 Å². The molecule has 1 aliphatic carbocycles. The third kappa shape index (κ3) is 4.71. The highest BCUT2D eigenvalue weighted by molar-refractivity contribution is 6.34. The fourth-order valence-corrected chi connectivity index (χ4v) is 3.86. The van der Waals surface area contributed by atoms with E-state index in [9.17, 15) is 9.59 Å². The molecule has 1 saturated carbocycles. The van der Waals surface area contributed by atoms with Crippen LogP contribution < -0.4 is 10.6 Å². The molecule has 2 amide bonds. The number of hydrogen-bond donors (Lipinski definition) is 2. The average molecular weight is 423 g/mol. The van der Waals surface area contributed by atoms with Gasteiger partial charge in [-0.2, -0.15) is 5.10 Å². The van der Waals surface area contributed by atoms with Crippen LogP contribution in [0.25, 0.3) is 5.69 Å². The van der Waals surface area contributed by atoms with Gasteiger partial charge in [0.1, 0.15) is 0 Å². The van der Waals surface area contributed by atoms with Gasteiger partial charge in [0.05, 0.1) is 16.3 Å². The van der Waals surface area contributed by atoms with E-state index in [1.165, 1.54) is 6.42 Å². The van der Waals surface area contributed by atoms with Gasteiger partial charge >= 0.3 is 0 Å². The zero-order valence-electron chi connectivity index (χ0n) is 16.5. The average Bonchev–Trinajstić information content (AvgIpc) is 3.27. The molecule has 0 saturated heterocycles. The van der Waals surface area contributed by atoms with E-state index in [4.69, 9.17) is 11.6 Å². The molecule has 0 spiro atoms. The first kappa shape index (κ1) is 20.2. The second-order valence-electron chi connectivity index (χ2n) is 7.44. The summed E-state index contributed by atoms with van der Waals surface area (Å²) in [6.07, 6.45) is 7.19. The molecule has 0 unspecified atom stereocenters. The Bertz CT molecular complexity index is 1040. The van der Waals surface area contributed by atoms with Gasteiger partial charge in [-0.25, -0.2) is 4.68 Å². The molecule has 30 heavy (non-hydrogen) atoms. The van der Waals surface area contributed by atoms with Crippen LogP contribution in [0.15, 0.2) is 60.8 Å². The molecule has 2 aromatic carbocycles. The molecule has 0 atom stereocenters. The van der Waals surface area contributed by atoms with Crippen molar-refractivity contribution < 1.29 is 9.59 Å². The van der Waals surface area contributed by atoms with Gasteiger partial charge in [0.2, 0.25) is 0 Å². The molecule has 0 aliphatic heterocycles. The van der Waals surface area contributed by atoms with Gasteiger partial charge in [0.15, 0.2) is 5.69 Å². The number of aromatic nitrogens is 2. The Balaban J connectivity index is 1.45. The molecule has 4 rings (SSSR count). The molecule has 1 aliphatic rings. The number of benzene rings is 2. The number of carbonyl (C=O) groups is 2. The van der Waals surface area contributed by atoms with Gasteiger partial charge < -0.3 is 10.6 Å². The summed E-state index contributed by atoms with van der Waals surface area (Å²) in [5, 5.41) is 10.5. The third-order valence-corrected chi connectivity index (χ3v) is 5.58. The van der Waals surface area contributed by atoms with Crippen molar-refractivity contribution in [3.05, 3.63) is 77.1 Å². The van der Waals surface area contributed by atoms with Crippen LogP contribution in [0.4, 0.5) is 5.69 Å². The van der Waals surface area contributed by atoms with Crippen LogP contribution in [0.1, 0.15) is 53.0 Å². The van der Waals surface area contributed by atoms with Crippen LogP contribution in [0.3, 0.4) is 0 Å². The topological polar surface area (TPSA) is 76.0 Å².